The first-order chi connectivity index (χ1) is 23.2. The summed E-state index contributed by atoms with van der Waals surface area (Å²) in [4.78, 5) is 27.9. The number of fused-ring (bicyclic) bond motifs is 3. The first-order valence-electron chi connectivity index (χ1n) is 16.8. The van der Waals surface area contributed by atoms with Gasteiger partial charge in [0.25, 0.3) is 0 Å². The van der Waals surface area contributed by atoms with Crippen LogP contribution in [0.1, 0.15) is 44.1 Å². The summed E-state index contributed by atoms with van der Waals surface area (Å²) in [5, 5.41) is 14.6. The van der Waals surface area contributed by atoms with Gasteiger partial charge in [-0.15, -0.1) is 0 Å². The van der Waals surface area contributed by atoms with Gasteiger partial charge in [0.05, 0.1) is 45.0 Å². The number of benzene rings is 2. The third kappa shape index (κ3) is 7.89. The second-order valence-corrected chi connectivity index (χ2v) is 14.7. The molecule has 3 fully saturated rings. The van der Waals surface area contributed by atoms with Crippen LogP contribution in [0, 0.1) is 5.92 Å². The van der Waals surface area contributed by atoms with Gasteiger partial charge in [0, 0.05) is 38.2 Å². The molecule has 13 nitrogen and oxygen atoms in total. The topological polar surface area (TPSA) is 153 Å². The molecule has 0 aromatic heterocycles. The number of aliphatic hydroxyl groups excluding tert-OH is 1. The lowest BCUT2D eigenvalue weighted by Crippen LogP contribution is -2.53. The van der Waals surface area contributed by atoms with E-state index < -0.39 is 40.7 Å². The third-order valence-corrected chi connectivity index (χ3v) is 11.5. The average Bonchev–Trinajstić information content (AvgIpc) is 3.79. The molecule has 1 unspecified atom stereocenters. The van der Waals surface area contributed by atoms with Crippen LogP contribution in [0.4, 0.5) is 4.79 Å². The van der Waals surface area contributed by atoms with E-state index in [2.05, 4.69) is 5.32 Å². The van der Waals surface area contributed by atoms with Gasteiger partial charge in [0.1, 0.15) is 22.5 Å². The van der Waals surface area contributed by atoms with E-state index in [9.17, 15) is 23.1 Å². The molecule has 6 rings (SSSR count). The van der Waals surface area contributed by atoms with Gasteiger partial charge in [-0.2, -0.15) is 4.31 Å². The Hall–Kier alpha value is -3.43. The van der Waals surface area contributed by atoms with Crippen LogP contribution in [0.15, 0.2) is 53.4 Å². The Balaban J connectivity index is 1.28. The van der Waals surface area contributed by atoms with Crippen molar-refractivity contribution in [3.63, 3.8) is 0 Å². The minimum Gasteiger partial charge on any atom is -0.497 e. The summed E-state index contributed by atoms with van der Waals surface area (Å²) in [5.74, 6) is 0.526. The van der Waals surface area contributed by atoms with E-state index in [0.29, 0.717) is 51.2 Å². The van der Waals surface area contributed by atoms with Crippen molar-refractivity contribution in [1.82, 2.24) is 14.5 Å². The maximum atomic E-state index is 14.5. The van der Waals surface area contributed by atoms with E-state index in [-0.39, 0.29) is 54.6 Å². The fourth-order valence-electron chi connectivity index (χ4n) is 6.98. The van der Waals surface area contributed by atoms with Crippen LogP contribution in [0.25, 0.3) is 0 Å². The van der Waals surface area contributed by atoms with Gasteiger partial charge < -0.3 is 39.0 Å². The standard InChI is InChI=1S/C34H45N3O10S/c1-43-25-11-12-31-29(19-25)44-16-7-3-6-15-37-24(10-13-32(37)39)20-36(48(31,41)42)21-28(38)27(18-23-8-4-2-5-9-23)35-34(40)47-30-22-46-33-26(30)14-17-45-33/h2,4-5,8-9,11-12,19,24,26-28,30,33,38H,3,6-7,10,13-18,20-22H2,1H3,(H,35,40)/t24?,26-,27-,28+,30-,33+/m0/s1. The molecule has 2 amide bonds. The minimum absolute atomic E-state index is 0.00804. The number of hydrogen-bond donors (Lipinski definition) is 2. The summed E-state index contributed by atoms with van der Waals surface area (Å²) in [6, 6.07) is 12.6. The van der Waals surface area contributed by atoms with E-state index in [1.165, 1.54) is 17.5 Å². The number of carbonyl (C=O) groups is 2. The number of ether oxygens (including phenoxy) is 5. The van der Waals surface area contributed by atoms with Gasteiger partial charge in [-0.3, -0.25) is 4.79 Å². The van der Waals surface area contributed by atoms with Crippen LogP contribution in [-0.4, -0.2) is 112 Å². The molecule has 0 bridgehead atoms. The fourth-order valence-corrected chi connectivity index (χ4v) is 8.58. The molecule has 262 valence electrons. The SMILES string of the molecule is COc1ccc2c(c1)OCCCCCN1C(=O)CCC1CN(C[C@@H](O)[C@H](Cc1ccccc1)NC(=O)O[C@H]1CO[C@H]3OCC[C@H]31)S2(=O)=O. The number of alkyl carbamates (subject to hydrolysis) is 1. The van der Waals surface area contributed by atoms with E-state index in [1.807, 2.05) is 30.3 Å². The number of amides is 2. The van der Waals surface area contributed by atoms with Gasteiger partial charge in [0.2, 0.25) is 15.9 Å². The highest BCUT2D eigenvalue weighted by Crippen LogP contribution is 2.34. The number of methoxy groups -OCH3 is 1. The van der Waals surface area contributed by atoms with Gasteiger partial charge in [-0.05, 0) is 56.2 Å². The van der Waals surface area contributed by atoms with Crippen molar-refractivity contribution in [3.8, 4) is 11.5 Å². The molecule has 0 saturated carbocycles. The summed E-state index contributed by atoms with van der Waals surface area (Å²) in [7, 11) is -2.79. The van der Waals surface area contributed by atoms with Gasteiger partial charge in [-0.25, -0.2) is 13.2 Å². The number of β-amino-alcohol motifs (C(OH)–C–C–N with tert-alkyl or cyclic N) is 1. The molecule has 4 aliphatic rings. The summed E-state index contributed by atoms with van der Waals surface area (Å²) in [5.41, 5.74) is 0.835. The number of nitrogens with zero attached hydrogens (tertiary/aromatic N) is 2. The molecule has 4 aliphatic heterocycles. The first-order valence-corrected chi connectivity index (χ1v) is 18.2. The molecule has 2 aromatic carbocycles. The summed E-state index contributed by atoms with van der Waals surface area (Å²) in [6.07, 6.45) is 1.05. The van der Waals surface area contributed by atoms with E-state index >= 15 is 0 Å². The molecular formula is C34H45N3O10S. The number of carbonyl (C=O) groups excluding carboxylic acids is 2. The molecule has 2 aromatic rings. The number of sulfonamides is 1. The molecule has 4 heterocycles. The van der Waals surface area contributed by atoms with E-state index in [4.69, 9.17) is 23.7 Å². The van der Waals surface area contributed by atoms with Gasteiger partial charge in [0.15, 0.2) is 6.29 Å². The molecule has 2 N–H and O–H groups in total. The van der Waals surface area contributed by atoms with Crippen molar-refractivity contribution in [1.29, 1.82) is 0 Å². The number of hydrogen-bond acceptors (Lipinski definition) is 10. The zero-order valence-corrected chi connectivity index (χ0v) is 28.0. The Morgan fingerprint density at radius 1 is 1.08 bits per heavy atom. The van der Waals surface area contributed by atoms with Crippen molar-refractivity contribution in [2.75, 3.05) is 46.6 Å². The Morgan fingerprint density at radius 2 is 1.92 bits per heavy atom. The maximum Gasteiger partial charge on any atom is 0.407 e. The summed E-state index contributed by atoms with van der Waals surface area (Å²) in [6.45, 7) is 1.17. The highest BCUT2D eigenvalue weighted by Gasteiger charge is 2.44. The number of rotatable bonds is 8. The zero-order chi connectivity index (χ0) is 33.7. The minimum atomic E-state index is -4.28. The Bertz CT molecular complexity index is 1530. The lowest BCUT2D eigenvalue weighted by molar-refractivity contribution is -0.129. The molecule has 0 spiro atoms. The lowest BCUT2D eigenvalue weighted by atomic mass is 10.0. The van der Waals surface area contributed by atoms with Crippen molar-refractivity contribution >= 4 is 22.0 Å². The Morgan fingerprint density at radius 3 is 2.73 bits per heavy atom. The van der Waals surface area contributed by atoms with Gasteiger partial charge >= 0.3 is 6.09 Å². The predicted octanol–water partition coefficient (Wildman–Crippen LogP) is 2.70. The Labute approximate surface area is 281 Å². The molecule has 14 heteroatoms. The normalized spacial score (nSPS) is 27.2. The highest BCUT2D eigenvalue weighted by atomic mass is 32.2. The monoisotopic (exact) mass is 687 g/mol. The molecule has 3 saturated heterocycles. The first kappa shape index (κ1) is 34.4. The highest BCUT2D eigenvalue weighted by molar-refractivity contribution is 7.89. The predicted molar refractivity (Wildman–Crippen MR) is 173 cm³/mol. The van der Waals surface area contributed by atoms with Crippen LogP contribution in [0.2, 0.25) is 0 Å². The second kappa shape index (κ2) is 15.4. The van der Waals surface area contributed by atoms with E-state index in [1.54, 1.807) is 17.0 Å². The molecule has 0 radical (unpaired) electrons. The number of aliphatic hydroxyl groups is 1. The zero-order valence-electron chi connectivity index (χ0n) is 27.2. The van der Waals surface area contributed by atoms with Crippen molar-refractivity contribution < 1.29 is 46.8 Å². The molecule has 48 heavy (non-hydrogen) atoms. The fraction of sp³-hybridized carbons (Fsp3) is 0.588. The van der Waals surface area contributed by atoms with Crippen LogP contribution in [-0.2, 0) is 35.4 Å². The largest absolute Gasteiger partial charge is 0.497 e. The van der Waals surface area contributed by atoms with Gasteiger partial charge in [-0.1, -0.05) is 30.3 Å². The smallest absolute Gasteiger partial charge is 0.407 e. The van der Waals surface area contributed by atoms with Crippen molar-refractivity contribution in [2.24, 2.45) is 5.92 Å². The van der Waals surface area contributed by atoms with Crippen LogP contribution in [0.3, 0.4) is 0 Å². The lowest BCUT2D eigenvalue weighted by Gasteiger charge is -2.33. The van der Waals surface area contributed by atoms with Crippen molar-refractivity contribution in [3.05, 3.63) is 54.1 Å². The molecular weight excluding hydrogens is 642 g/mol. The molecule has 0 aliphatic carbocycles. The van der Waals surface area contributed by atoms with Crippen molar-refractivity contribution in [2.45, 2.75) is 80.4 Å². The number of nitrogens with one attached hydrogen (secondary N) is 1. The molecule has 6 atom stereocenters. The third-order valence-electron chi connectivity index (χ3n) is 9.64. The second-order valence-electron chi connectivity index (χ2n) is 12.8. The van der Waals surface area contributed by atoms with Crippen LogP contribution in [0.5, 0.6) is 11.5 Å². The van der Waals surface area contributed by atoms with Crippen LogP contribution < -0.4 is 14.8 Å². The average molecular weight is 688 g/mol. The summed E-state index contributed by atoms with van der Waals surface area (Å²) < 4.78 is 58.5. The Kier molecular flexibility index (Phi) is 11.1. The van der Waals surface area contributed by atoms with E-state index in [0.717, 1.165) is 18.4 Å². The quantitative estimate of drug-likeness (QED) is 0.424. The van der Waals surface area contributed by atoms with Crippen LogP contribution >= 0.6 is 0 Å². The summed E-state index contributed by atoms with van der Waals surface area (Å²) >= 11 is 0. The maximum absolute atomic E-state index is 14.5.